The average molecular weight is 416 g/mol. The van der Waals surface area contributed by atoms with Crippen LogP contribution in [0, 0.1) is 0 Å². The summed E-state index contributed by atoms with van der Waals surface area (Å²) in [5.41, 5.74) is 0.854. The Morgan fingerprint density at radius 3 is 2.42 bits per heavy atom. The third-order valence-electron chi connectivity index (χ3n) is 3.77. The summed E-state index contributed by atoms with van der Waals surface area (Å²) in [7, 11) is -3.68. The molecule has 0 atom stereocenters. The van der Waals surface area contributed by atoms with Crippen LogP contribution in [0.3, 0.4) is 0 Å². The van der Waals surface area contributed by atoms with E-state index in [2.05, 4.69) is 10.3 Å². The van der Waals surface area contributed by atoms with Crippen LogP contribution in [-0.2, 0) is 16.6 Å². The number of benzene rings is 1. The van der Waals surface area contributed by atoms with Crippen molar-refractivity contribution in [2.45, 2.75) is 25.3 Å². The Hall–Kier alpha value is -1.67. The highest BCUT2D eigenvalue weighted by Crippen LogP contribution is 2.23. The Balaban J connectivity index is 2.23. The molecule has 1 aromatic carbocycles. The molecule has 0 fully saturated rings. The summed E-state index contributed by atoms with van der Waals surface area (Å²) in [4.78, 5) is 16.4. The first-order valence-electron chi connectivity index (χ1n) is 7.98. The second-order valence-electron chi connectivity index (χ2n) is 5.40. The largest absolute Gasteiger partial charge is 0.348 e. The van der Waals surface area contributed by atoms with E-state index >= 15 is 0 Å². The van der Waals surface area contributed by atoms with Gasteiger partial charge in [0.15, 0.2) is 0 Å². The van der Waals surface area contributed by atoms with Crippen molar-refractivity contribution >= 4 is 39.1 Å². The SMILES string of the molecule is CCN(CC)S(=O)(=O)c1ccc(Cl)c(C(=O)NCc2ccc(Cl)nc2)c1. The maximum absolute atomic E-state index is 12.6. The first-order chi connectivity index (χ1) is 12.3. The molecule has 2 aromatic rings. The topological polar surface area (TPSA) is 79.4 Å². The number of rotatable bonds is 7. The number of hydrogen-bond donors (Lipinski definition) is 1. The third-order valence-corrected chi connectivity index (χ3v) is 6.37. The summed E-state index contributed by atoms with van der Waals surface area (Å²) in [6.07, 6.45) is 1.55. The van der Waals surface area contributed by atoms with E-state index < -0.39 is 15.9 Å². The van der Waals surface area contributed by atoms with E-state index in [4.69, 9.17) is 23.2 Å². The van der Waals surface area contributed by atoms with Crippen LogP contribution >= 0.6 is 23.2 Å². The molecule has 0 aliphatic carbocycles. The lowest BCUT2D eigenvalue weighted by Gasteiger charge is -2.19. The second-order valence-corrected chi connectivity index (χ2v) is 8.14. The van der Waals surface area contributed by atoms with Crippen LogP contribution in [0.2, 0.25) is 10.2 Å². The van der Waals surface area contributed by atoms with Crippen molar-refractivity contribution in [3.63, 3.8) is 0 Å². The standard InChI is InChI=1S/C17H19Cl2N3O3S/c1-3-22(4-2)26(24,25)13-6-7-15(18)14(9-13)17(23)21-11-12-5-8-16(19)20-10-12/h5-10H,3-4,11H2,1-2H3,(H,21,23). The van der Waals surface area contributed by atoms with E-state index in [-0.39, 0.29) is 22.0 Å². The molecule has 6 nitrogen and oxygen atoms in total. The van der Waals surface area contributed by atoms with E-state index in [1.54, 1.807) is 32.2 Å². The Labute approximate surface area is 163 Å². The van der Waals surface area contributed by atoms with Gasteiger partial charge in [-0.3, -0.25) is 4.79 Å². The summed E-state index contributed by atoms with van der Waals surface area (Å²) in [6.45, 7) is 4.40. The van der Waals surface area contributed by atoms with Crippen LogP contribution in [0.25, 0.3) is 0 Å². The Kier molecular flexibility index (Phi) is 7.00. The van der Waals surface area contributed by atoms with E-state index in [1.807, 2.05) is 0 Å². The predicted molar refractivity (Wildman–Crippen MR) is 102 cm³/mol. The smallest absolute Gasteiger partial charge is 0.253 e. The fourth-order valence-corrected chi connectivity index (χ4v) is 4.14. The number of amides is 1. The molecule has 26 heavy (non-hydrogen) atoms. The van der Waals surface area contributed by atoms with Crippen molar-refractivity contribution < 1.29 is 13.2 Å². The summed E-state index contributed by atoms with van der Waals surface area (Å²) < 4.78 is 26.6. The van der Waals surface area contributed by atoms with E-state index in [9.17, 15) is 13.2 Å². The molecular formula is C17H19Cl2N3O3S. The fourth-order valence-electron chi connectivity index (χ4n) is 2.34. The van der Waals surface area contributed by atoms with Crippen LogP contribution < -0.4 is 5.32 Å². The number of sulfonamides is 1. The minimum absolute atomic E-state index is 0.0314. The maximum atomic E-state index is 12.6. The van der Waals surface area contributed by atoms with Crippen LogP contribution in [-0.4, -0.2) is 36.7 Å². The molecule has 2 rings (SSSR count). The van der Waals surface area contributed by atoms with Crippen molar-refractivity contribution in [2.24, 2.45) is 0 Å². The van der Waals surface area contributed by atoms with Gasteiger partial charge in [-0.05, 0) is 29.8 Å². The highest BCUT2D eigenvalue weighted by atomic mass is 35.5. The first-order valence-corrected chi connectivity index (χ1v) is 10.2. The van der Waals surface area contributed by atoms with E-state index in [0.717, 1.165) is 5.56 Å². The Morgan fingerprint density at radius 2 is 1.85 bits per heavy atom. The van der Waals surface area contributed by atoms with Crippen molar-refractivity contribution in [3.05, 3.63) is 57.8 Å². The number of nitrogens with zero attached hydrogens (tertiary/aromatic N) is 2. The highest BCUT2D eigenvalue weighted by molar-refractivity contribution is 7.89. The van der Waals surface area contributed by atoms with Crippen molar-refractivity contribution in [2.75, 3.05) is 13.1 Å². The molecule has 0 spiro atoms. The number of carbonyl (C=O) groups excluding carboxylic acids is 1. The quantitative estimate of drug-likeness (QED) is 0.703. The molecule has 1 heterocycles. The zero-order valence-corrected chi connectivity index (χ0v) is 16.7. The normalized spacial score (nSPS) is 11.6. The molecule has 0 aliphatic rings. The number of halogens is 2. The van der Waals surface area contributed by atoms with Gasteiger partial charge in [0, 0.05) is 25.8 Å². The average Bonchev–Trinajstić information content (AvgIpc) is 2.62. The molecule has 0 saturated heterocycles. The van der Waals surface area contributed by atoms with Gasteiger partial charge in [-0.1, -0.05) is 43.1 Å². The number of carbonyl (C=O) groups is 1. The van der Waals surface area contributed by atoms with Gasteiger partial charge in [0.1, 0.15) is 5.15 Å². The Bertz CT molecular complexity index is 883. The molecule has 0 aliphatic heterocycles. The minimum atomic E-state index is -3.68. The lowest BCUT2D eigenvalue weighted by atomic mass is 10.2. The van der Waals surface area contributed by atoms with Crippen LogP contribution in [0.5, 0.6) is 0 Å². The van der Waals surface area contributed by atoms with Gasteiger partial charge in [-0.25, -0.2) is 13.4 Å². The summed E-state index contributed by atoms with van der Waals surface area (Å²) in [6, 6.07) is 7.46. The fraction of sp³-hybridized carbons (Fsp3) is 0.294. The zero-order chi connectivity index (χ0) is 19.3. The van der Waals surface area contributed by atoms with Gasteiger partial charge in [0.25, 0.3) is 5.91 Å². The summed E-state index contributed by atoms with van der Waals surface area (Å²) in [5.74, 6) is -0.471. The van der Waals surface area contributed by atoms with Crippen LogP contribution in [0.15, 0.2) is 41.4 Å². The Morgan fingerprint density at radius 1 is 1.15 bits per heavy atom. The molecule has 140 valence electrons. The number of aromatic nitrogens is 1. The molecular weight excluding hydrogens is 397 g/mol. The maximum Gasteiger partial charge on any atom is 0.253 e. The lowest BCUT2D eigenvalue weighted by molar-refractivity contribution is 0.0951. The number of pyridine rings is 1. The summed E-state index contributed by atoms with van der Waals surface area (Å²) in [5, 5.41) is 3.23. The van der Waals surface area contributed by atoms with Gasteiger partial charge in [-0.2, -0.15) is 4.31 Å². The van der Waals surface area contributed by atoms with Gasteiger partial charge < -0.3 is 5.32 Å². The molecule has 0 bridgehead atoms. The van der Waals surface area contributed by atoms with Gasteiger partial charge in [0.2, 0.25) is 10.0 Å². The molecule has 1 N–H and O–H groups in total. The second kappa shape index (κ2) is 8.81. The van der Waals surface area contributed by atoms with Crippen molar-refractivity contribution in [3.8, 4) is 0 Å². The lowest BCUT2D eigenvalue weighted by Crippen LogP contribution is -2.31. The molecule has 0 unspecified atom stereocenters. The molecule has 0 radical (unpaired) electrons. The first kappa shape index (κ1) is 20.6. The van der Waals surface area contributed by atoms with Gasteiger partial charge in [0.05, 0.1) is 15.5 Å². The van der Waals surface area contributed by atoms with Crippen LogP contribution in [0.1, 0.15) is 29.8 Å². The summed E-state index contributed by atoms with van der Waals surface area (Å²) >= 11 is 11.8. The zero-order valence-electron chi connectivity index (χ0n) is 14.4. The monoisotopic (exact) mass is 415 g/mol. The van der Waals surface area contributed by atoms with Gasteiger partial charge in [-0.15, -0.1) is 0 Å². The molecule has 0 saturated carbocycles. The number of hydrogen-bond acceptors (Lipinski definition) is 4. The minimum Gasteiger partial charge on any atom is -0.348 e. The third kappa shape index (κ3) is 4.73. The van der Waals surface area contributed by atoms with E-state index in [1.165, 1.54) is 22.5 Å². The van der Waals surface area contributed by atoms with Crippen molar-refractivity contribution in [1.29, 1.82) is 0 Å². The van der Waals surface area contributed by atoms with Crippen LogP contribution in [0.4, 0.5) is 0 Å². The number of nitrogens with one attached hydrogen (secondary N) is 1. The van der Waals surface area contributed by atoms with Gasteiger partial charge >= 0.3 is 0 Å². The predicted octanol–water partition coefficient (Wildman–Crippen LogP) is 3.35. The van der Waals surface area contributed by atoms with E-state index in [0.29, 0.717) is 18.2 Å². The highest BCUT2D eigenvalue weighted by Gasteiger charge is 2.23. The molecule has 1 aromatic heterocycles. The van der Waals surface area contributed by atoms with Crippen molar-refractivity contribution in [1.82, 2.24) is 14.6 Å². The molecule has 1 amide bonds. The molecule has 9 heteroatoms.